The Morgan fingerprint density at radius 2 is 2.31 bits per heavy atom. The third-order valence-electron chi connectivity index (χ3n) is 4.64. The summed E-state index contributed by atoms with van der Waals surface area (Å²) >= 11 is 5.11. The van der Waals surface area contributed by atoms with Crippen LogP contribution < -0.4 is 0 Å². The van der Waals surface area contributed by atoms with Crippen molar-refractivity contribution in [2.24, 2.45) is 5.92 Å². The minimum absolute atomic E-state index is 0.615. The largest absolute Gasteiger partial charge is 0.338 e. The molecular formula is C18H16N4OS3. The fraction of sp³-hybridized carbons (Fsp3) is 0.333. The van der Waals surface area contributed by atoms with Gasteiger partial charge in [-0.2, -0.15) is 16.3 Å². The van der Waals surface area contributed by atoms with Crippen molar-refractivity contribution in [3.8, 4) is 11.4 Å². The Balaban J connectivity index is 1.41. The normalized spacial score (nSPS) is 16.9. The van der Waals surface area contributed by atoms with Crippen molar-refractivity contribution in [2.45, 2.75) is 37.0 Å². The summed E-state index contributed by atoms with van der Waals surface area (Å²) in [4.78, 5) is 16.1. The van der Waals surface area contributed by atoms with E-state index >= 15 is 0 Å². The van der Waals surface area contributed by atoms with Crippen molar-refractivity contribution < 1.29 is 4.52 Å². The summed E-state index contributed by atoms with van der Waals surface area (Å²) in [6.45, 7) is 2.33. The number of nitrogens with zero attached hydrogens (tertiary/aromatic N) is 4. The van der Waals surface area contributed by atoms with Gasteiger partial charge >= 0.3 is 0 Å². The molecule has 26 heavy (non-hydrogen) atoms. The smallest absolute Gasteiger partial charge is 0.237 e. The molecule has 0 unspecified atom stereocenters. The molecule has 5 nitrogen and oxygen atoms in total. The van der Waals surface area contributed by atoms with Gasteiger partial charge in [-0.15, -0.1) is 11.3 Å². The third-order valence-corrected chi connectivity index (χ3v) is 7.46. The fourth-order valence-corrected chi connectivity index (χ4v) is 6.22. The summed E-state index contributed by atoms with van der Waals surface area (Å²) in [5.41, 5.74) is 2.45. The molecule has 0 saturated carbocycles. The van der Waals surface area contributed by atoms with Gasteiger partial charge in [-0.3, -0.25) is 0 Å². The van der Waals surface area contributed by atoms with E-state index in [9.17, 15) is 0 Å². The molecule has 1 aliphatic rings. The maximum Gasteiger partial charge on any atom is 0.237 e. The standard InChI is InChI=1S/C18H16N4OS3/c1-10-2-3-12-13(6-10)26-18-15(12)17(19-9-20-18)25-8-14-21-16(22-23-14)11-4-5-24-7-11/h4-5,7,9-10H,2-3,6,8H2,1H3/t10-/m1/s1. The quantitative estimate of drug-likeness (QED) is 0.346. The van der Waals surface area contributed by atoms with Crippen LogP contribution in [0.15, 0.2) is 32.7 Å². The van der Waals surface area contributed by atoms with Crippen LogP contribution in [0.5, 0.6) is 0 Å². The van der Waals surface area contributed by atoms with Gasteiger partial charge in [-0.25, -0.2) is 9.97 Å². The van der Waals surface area contributed by atoms with Crippen molar-refractivity contribution in [3.63, 3.8) is 0 Å². The lowest BCUT2D eigenvalue weighted by atomic mass is 9.89. The number of thiophene rings is 2. The van der Waals surface area contributed by atoms with Gasteiger partial charge < -0.3 is 4.52 Å². The molecule has 0 N–H and O–H groups in total. The molecule has 4 aromatic rings. The SMILES string of the molecule is C[C@@H]1CCc2c(sc3ncnc(SCc4nc(-c5ccsc5)no4)c23)C1. The average Bonchev–Trinajstić information content (AvgIpc) is 3.37. The Morgan fingerprint density at radius 3 is 3.19 bits per heavy atom. The second-order valence-corrected chi connectivity index (χ2v) is 9.35. The van der Waals surface area contributed by atoms with E-state index < -0.39 is 0 Å². The first-order chi connectivity index (χ1) is 12.8. The molecule has 4 aromatic heterocycles. The van der Waals surface area contributed by atoms with Gasteiger partial charge in [0.25, 0.3) is 0 Å². The van der Waals surface area contributed by atoms with Gasteiger partial charge in [0.05, 0.1) is 5.75 Å². The van der Waals surface area contributed by atoms with Gasteiger partial charge in [-0.05, 0) is 42.2 Å². The van der Waals surface area contributed by atoms with Gasteiger partial charge in [-0.1, -0.05) is 23.8 Å². The fourth-order valence-electron chi connectivity index (χ4n) is 3.31. The summed E-state index contributed by atoms with van der Waals surface area (Å²) in [7, 11) is 0. The molecular weight excluding hydrogens is 384 g/mol. The highest BCUT2D eigenvalue weighted by molar-refractivity contribution is 7.98. The second kappa shape index (κ2) is 6.75. The molecule has 0 aliphatic heterocycles. The summed E-state index contributed by atoms with van der Waals surface area (Å²) in [6, 6.07) is 2.00. The van der Waals surface area contributed by atoms with Crippen molar-refractivity contribution in [2.75, 3.05) is 0 Å². The van der Waals surface area contributed by atoms with Crippen LogP contribution in [0.2, 0.25) is 0 Å². The van der Waals surface area contributed by atoms with Crippen LogP contribution in [0.3, 0.4) is 0 Å². The van der Waals surface area contributed by atoms with E-state index in [0.717, 1.165) is 34.2 Å². The van der Waals surface area contributed by atoms with Crippen molar-refractivity contribution >= 4 is 44.7 Å². The topological polar surface area (TPSA) is 64.7 Å². The summed E-state index contributed by atoms with van der Waals surface area (Å²) < 4.78 is 5.41. The molecule has 1 atom stereocenters. The Morgan fingerprint density at radius 1 is 1.35 bits per heavy atom. The van der Waals surface area contributed by atoms with E-state index in [4.69, 9.17) is 4.52 Å². The van der Waals surface area contributed by atoms with Crippen molar-refractivity contribution in [3.05, 3.63) is 39.5 Å². The summed E-state index contributed by atoms with van der Waals surface area (Å²) in [6.07, 6.45) is 5.20. The Hall–Kier alpha value is -1.77. The molecule has 0 radical (unpaired) electrons. The van der Waals surface area contributed by atoms with Gasteiger partial charge in [0, 0.05) is 21.2 Å². The molecule has 0 amide bonds. The number of hydrogen-bond acceptors (Lipinski definition) is 8. The molecule has 4 heterocycles. The van der Waals surface area contributed by atoms with Crippen molar-refractivity contribution in [1.29, 1.82) is 0 Å². The van der Waals surface area contributed by atoms with Crippen LogP contribution in [-0.2, 0) is 18.6 Å². The lowest BCUT2D eigenvalue weighted by Gasteiger charge is -2.18. The van der Waals surface area contributed by atoms with Crippen LogP contribution in [0.1, 0.15) is 29.7 Å². The lowest BCUT2D eigenvalue weighted by Crippen LogP contribution is -2.08. The van der Waals surface area contributed by atoms with Crippen LogP contribution in [0.4, 0.5) is 0 Å². The monoisotopic (exact) mass is 400 g/mol. The summed E-state index contributed by atoms with van der Waals surface area (Å²) in [5, 5.41) is 10.4. The molecule has 0 aromatic carbocycles. The third kappa shape index (κ3) is 2.95. The molecule has 5 rings (SSSR count). The Bertz CT molecular complexity index is 1050. The highest BCUT2D eigenvalue weighted by atomic mass is 32.2. The van der Waals surface area contributed by atoms with Gasteiger partial charge in [0.1, 0.15) is 16.2 Å². The van der Waals surface area contributed by atoms with E-state index in [1.165, 1.54) is 22.2 Å². The molecule has 0 saturated heterocycles. The van der Waals surface area contributed by atoms with E-state index in [0.29, 0.717) is 17.5 Å². The minimum atomic E-state index is 0.615. The summed E-state index contributed by atoms with van der Waals surface area (Å²) in [5.74, 6) is 2.65. The molecule has 1 aliphatic carbocycles. The number of aromatic nitrogens is 4. The van der Waals surface area contributed by atoms with E-state index in [-0.39, 0.29) is 0 Å². The predicted octanol–water partition coefficient (Wildman–Crippen LogP) is 5.22. The first-order valence-electron chi connectivity index (χ1n) is 8.51. The van der Waals surface area contributed by atoms with Crippen molar-refractivity contribution in [1.82, 2.24) is 20.1 Å². The Kier molecular flexibility index (Phi) is 4.26. The molecule has 0 bridgehead atoms. The van der Waals surface area contributed by atoms with E-state index in [1.54, 1.807) is 29.4 Å². The van der Waals surface area contributed by atoms with Gasteiger partial charge in [0.15, 0.2) is 0 Å². The first kappa shape index (κ1) is 16.4. The number of thioether (sulfide) groups is 1. The maximum absolute atomic E-state index is 5.41. The Labute approximate surface area is 162 Å². The highest BCUT2D eigenvalue weighted by Crippen LogP contribution is 2.41. The maximum atomic E-state index is 5.41. The number of aryl methyl sites for hydroxylation is 1. The molecule has 132 valence electrons. The number of rotatable bonds is 4. The molecule has 0 spiro atoms. The zero-order valence-corrected chi connectivity index (χ0v) is 16.6. The van der Waals surface area contributed by atoms with E-state index in [2.05, 4.69) is 27.0 Å². The number of hydrogen-bond donors (Lipinski definition) is 0. The number of fused-ring (bicyclic) bond motifs is 3. The van der Waals surface area contributed by atoms with Crippen LogP contribution in [-0.4, -0.2) is 20.1 Å². The molecule has 0 fully saturated rings. The van der Waals surface area contributed by atoms with Crippen LogP contribution >= 0.6 is 34.4 Å². The zero-order chi connectivity index (χ0) is 17.5. The van der Waals surface area contributed by atoms with Crippen LogP contribution in [0, 0.1) is 5.92 Å². The van der Waals surface area contributed by atoms with Crippen LogP contribution in [0.25, 0.3) is 21.6 Å². The first-order valence-corrected chi connectivity index (χ1v) is 11.3. The predicted molar refractivity (Wildman–Crippen MR) is 106 cm³/mol. The average molecular weight is 401 g/mol. The zero-order valence-electron chi connectivity index (χ0n) is 14.1. The van der Waals surface area contributed by atoms with E-state index in [1.807, 2.05) is 28.2 Å². The second-order valence-electron chi connectivity index (χ2n) is 6.52. The molecule has 8 heteroatoms. The minimum Gasteiger partial charge on any atom is -0.338 e. The highest BCUT2D eigenvalue weighted by Gasteiger charge is 2.23. The lowest BCUT2D eigenvalue weighted by molar-refractivity contribution is 0.391. The van der Waals surface area contributed by atoms with Gasteiger partial charge in [0.2, 0.25) is 11.7 Å².